The normalized spacial score (nSPS) is 20.5. The molecule has 0 spiro atoms. The van der Waals surface area contributed by atoms with Gasteiger partial charge < -0.3 is 15.7 Å². The molecule has 1 aromatic rings. The van der Waals surface area contributed by atoms with Crippen molar-refractivity contribution in [3.63, 3.8) is 0 Å². The number of rotatable bonds is 6. The molecule has 2 atom stereocenters. The maximum Gasteiger partial charge on any atom is 0.315 e. The highest BCUT2D eigenvalue weighted by atomic mass is 32.2. The number of benzene rings is 1. The minimum Gasteiger partial charge on any atom is -0.396 e. The summed E-state index contributed by atoms with van der Waals surface area (Å²) in [6, 6.07) is 8.10. The van der Waals surface area contributed by atoms with E-state index in [-0.39, 0.29) is 24.6 Å². The molecule has 5 heteroatoms. The lowest BCUT2D eigenvalue weighted by Crippen LogP contribution is -2.40. The summed E-state index contributed by atoms with van der Waals surface area (Å²) in [5.74, 6) is 1.15. The summed E-state index contributed by atoms with van der Waals surface area (Å²) in [4.78, 5) is 11.9. The molecule has 0 saturated carbocycles. The van der Waals surface area contributed by atoms with Crippen molar-refractivity contribution in [1.82, 2.24) is 10.6 Å². The summed E-state index contributed by atoms with van der Waals surface area (Å²) in [6.07, 6.45) is 6.75. The average Bonchev–Trinajstić information content (AvgIpc) is 2.93. The predicted octanol–water partition coefficient (Wildman–Crippen LogP) is 2.29. The van der Waals surface area contributed by atoms with Crippen molar-refractivity contribution in [3.05, 3.63) is 47.5 Å². The standard InChI is InChI=1S/C16H22N2O2S/c1-21-11-14-4-2-3-12(7-14)9-17-16(20)18-15-6-5-13(8-15)10-19/h2-7,13,15,19H,8-11H2,1H3,(H2,17,18,20)/t13-,15+/m0/s1. The molecule has 0 saturated heterocycles. The van der Waals surface area contributed by atoms with Crippen LogP contribution in [0.15, 0.2) is 36.4 Å². The topological polar surface area (TPSA) is 61.4 Å². The molecule has 0 aliphatic heterocycles. The number of hydrogen-bond acceptors (Lipinski definition) is 3. The van der Waals surface area contributed by atoms with Gasteiger partial charge in [0.2, 0.25) is 0 Å². The number of aliphatic hydroxyl groups is 1. The van der Waals surface area contributed by atoms with Crippen molar-refractivity contribution in [2.45, 2.75) is 24.8 Å². The van der Waals surface area contributed by atoms with E-state index in [1.54, 1.807) is 11.8 Å². The number of thioether (sulfide) groups is 1. The van der Waals surface area contributed by atoms with Gasteiger partial charge in [0.05, 0.1) is 0 Å². The fraction of sp³-hybridized carbons (Fsp3) is 0.438. The Morgan fingerprint density at radius 1 is 1.38 bits per heavy atom. The van der Waals surface area contributed by atoms with Gasteiger partial charge in [0.15, 0.2) is 0 Å². The van der Waals surface area contributed by atoms with Gasteiger partial charge in [-0.2, -0.15) is 11.8 Å². The average molecular weight is 306 g/mol. The first-order chi connectivity index (χ1) is 10.2. The molecular formula is C16H22N2O2S. The van der Waals surface area contributed by atoms with Crippen LogP contribution in [0.2, 0.25) is 0 Å². The molecule has 1 aliphatic rings. The third-order valence-electron chi connectivity index (χ3n) is 3.48. The lowest BCUT2D eigenvalue weighted by Gasteiger charge is -2.14. The van der Waals surface area contributed by atoms with E-state index in [0.29, 0.717) is 6.54 Å². The predicted molar refractivity (Wildman–Crippen MR) is 87.2 cm³/mol. The quantitative estimate of drug-likeness (QED) is 0.707. The minimum absolute atomic E-state index is 0.0185. The van der Waals surface area contributed by atoms with Gasteiger partial charge in [0.1, 0.15) is 0 Å². The molecule has 21 heavy (non-hydrogen) atoms. The third kappa shape index (κ3) is 5.10. The smallest absolute Gasteiger partial charge is 0.315 e. The number of aliphatic hydroxyl groups excluding tert-OH is 1. The zero-order valence-electron chi connectivity index (χ0n) is 12.2. The highest BCUT2D eigenvalue weighted by Gasteiger charge is 2.19. The van der Waals surface area contributed by atoms with Crippen LogP contribution in [0.5, 0.6) is 0 Å². The van der Waals surface area contributed by atoms with Crippen molar-refractivity contribution in [2.24, 2.45) is 5.92 Å². The van der Waals surface area contributed by atoms with E-state index in [2.05, 4.69) is 29.0 Å². The molecule has 0 fully saturated rings. The molecule has 1 aromatic carbocycles. The summed E-state index contributed by atoms with van der Waals surface area (Å²) in [6.45, 7) is 0.659. The molecule has 4 nitrogen and oxygen atoms in total. The molecule has 2 rings (SSSR count). The zero-order valence-corrected chi connectivity index (χ0v) is 13.0. The van der Waals surface area contributed by atoms with Crippen LogP contribution >= 0.6 is 11.8 Å². The van der Waals surface area contributed by atoms with Crippen LogP contribution in [0.25, 0.3) is 0 Å². The highest BCUT2D eigenvalue weighted by Crippen LogP contribution is 2.16. The SMILES string of the molecule is CSCc1cccc(CNC(=O)N[C@@H]2C=C[C@H](CO)C2)c1. The van der Waals surface area contributed by atoms with Crippen LogP contribution in [0.4, 0.5) is 4.79 Å². The number of carbonyl (C=O) groups excluding carboxylic acids is 1. The van der Waals surface area contributed by atoms with Crippen LogP contribution in [-0.4, -0.2) is 30.0 Å². The molecule has 0 aromatic heterocycles. The van der Waals surface area contributed by atoms with E-state index in [0.717, 1.165) is 17.7 Å². The van der Waals surface area contributed by atoms with Gasteiger partial charge >= 0.3 is 6.03 Å². The van der Waals surface area contributed by atoms with E-state index < -0.39 is 0 Å². The summed E-state index contributed by atoms with van der Waals surface area (Å²) >= 11 is 1.78. The van der Waals surface area contributed by atoms with Crippen LogP contribution in [0.3, 0.4) is 0 Å². The van der Waals surface area contributed by atoms with E-state index in [4.69, 9.17) is 5.11 Å². The van der Waals surface area contributed by atoms with E-state index in [1.165, 1.54) is 5.56 Å². The van der Waals surface area contributed by atoms with Crippen molar-refractivity contribution in [1.29, 1.82) is 0 Å². The number of nitrogens with one attached hydrogen (secondary N) is 2. The van der Waals surface area contributed by atoms with E-state index in [1.807, 2.05) is 24.3 Å². The zero-order chi connectivity index (χ0) is 15.1. The van der Waals surface area contributed by atoms with Crippen molar-refractivity contribution < 1.29 is 9.90 Å². The lowest BCUT2D eigenvalue weighted by atomic mass is 10.1. The summed E-state index contributed by atoms with van der Waals surface area (Å²) < 4.78 is 0. The number of carbonyl (C=O) groups is 1. The van der Waals surface area contributed by atoms with Crippen molar-refractivity contribution in [2.75, 3.05) is 12.9 Å². The lowest BCUT2D eigenvalue weighted by molar-refractivity contribution is 0.231. The first-order valence-corrected chi connectivity index (χ1v) is 8.51. The second-order valence-electron chi connectivity index (χ2n) is 5.25. The fourth-order valence-electron chi connectivity index (χ4n) is 2.41. The highest BCUT2D eigenvalue weighted by molar-refractivity contribution is 7.97. The Morgan fingerprint density at radius 3 is 2.90 bits per heavy atom. The Hall–Kier alpha value is -1.46. The molecule has 2 amide bonds. The maximum atomic E-state index is 11.9. The van der Waals surface area contributed by atoms with Gasteiger partial charge in [-0.3, -0.25) is 0 Å². The first-order valence-electron chi connectivity index (χ1n) is 7.11. The second kappa shape index (κ2) is 8.10. The number of amides is 2. The largest absolute Gasteiger partial charge is 0.396 e. The van der Waals surface area contributed by atoms with E-state index >= 15 is 0 Å². The second-order valence-corrected chi connectivity index (χ2v) is 6.12. The van der Waals surface area contributed by atoms with Crippen LogP contribution in [0, 0.1) is 5.92 Å². The van der Waals surface area contributed by atoms with Gasteiger partial charge in [0.25, 0.3) is 0 Å². The summed E-state index contributed by atoms with van der Waals surface area (Å²) in [7, 11) is 0. The fourth-order valence-corrected chi connectivity index (χ4v) is 2.93. The Labute approximate surface area is 130 Å². The van der Waals surface area contributed by atoms with Gasteiger partial charge in [-0.25, -0.2) is 4.79 Å². The molecule has 1 aliphatic carbocycles. The Balaban J connectivity index is 1.76. The molecule has 114 valence electrons. The van der Waals surface area contributed by atoms with Gasteiger partial charge in [-0.1, -0.05) is 36.4 Å². The van der Waals surface area contributed by atoms with Crippen LogP contribution < -0.4 is 10.6 Å². The summed E-state index contributed by atoms with van der Waals surface area (Å²) in [5, 5.41) is 14.8. The molecule has 0 radical (unpaired) electrons. The van der Waals surface area contributed by atoms with Gasteiger partial charge in [-0.15, -0.1) is 0 Å². The Bertz CT molecular complexity index is 505. The molecule has 0 bridgehead atoms. The monoisotopic (exact) mass is 306 g/mol. The van der Waals surface area contributed by atoms with Gasteiger partial charge in [0, 0.05) is 30.9 Å². The molecular weight excluding hydrogens is 284 g/mol. The molecule has 0 unspecified atom stereocenters. The number of hydrogen-bond donors (Lipinski definition) is 3. The Morgan fingerprint density at radius 2 is 2.19 bits per heavy atom. The van der Waals surface area contributed by atoms with E-state index in [9.17, 15) is 4.79 Å². The minimum atomic E-state index is -0.168. The molecule has 3 N–H and O–H groups in total. The van der Waals surface area contributed by atoms with Gasteiger partial charge in [-0.05, 0) is 23.8 Å². The third-order valence-corrected chi connectivity index (χ3v) is 4.10. The molecule has 0 heterocycles. The maximum absolute atomic E-state index is 11.9. The Kier molecular flexibility index (Phi) is 6.14. The van der Waals surface area contributed by atoms with Crippen molar-refractivity contribution >= 4 is 17.8 Å². The van der Waals surface area contributed by atoms with Crippen molar-refractivity contribution in [3.8, 4) is 0 Å². The van der Waals surface area contributed by atoms with Crippen LogP contribution in [-0.2, 0) is 12.3 Å². The van der Waals surface area contributed by atoms with Crippen LogP contribution in [0.1, 0.15) is 17.5 Å². The summed E-state index contributed by atoms with van der Waals surface area (Å²) in [5.41, 5.74) is 2.37. The first kappa shape index (κ1) is 15.9. The number of urea groups is 1.